The average Bonchev–Trinajstić information content (AvgIpc) is 2.41. The number of hydrogen-bond acceptors (Lipinski definition) is 3. The van der Waals surface area contributed by atoms with E-state index in [1.165, 1.54) is 0 Å². The van der Waals surface area contributed by atoms with Gasteiger partial charge in [-0.15, -0.1) is 0 Å². The summed E-state index contributed by atoms with van der Waals surface area (Å²) in [6.07, 6.45) is 1.61. The molecule has 0 aliphatic heterocycles. The van der Waals surface area contributed by atoms with Crippen LogP contribution in [0.2, 0.25) is 0 Å². The number of carbonyl (C=O) groups excluding carboxylic acids is 2. The summed E-state index contributed by atoms with van der Waals surface area (Å²) >= 11 is 0. The number of Topliss-reactive ketones (excluding diaryl/α,β-unsaturated/α-hetero) is 2. The van der Waals surface area contributed by atoms with Crippen LogP contribution in [0.3, 0.4) is 0 Å². The molecule has 86 valence electrons. The van der Waals surface area contributed by atoms with Crippen LogP contribution in [0.1, 0.15) is 40.0 Å². The lowest BCUT2D eigenvalue weighted by atomic mass is 10.00. The lowest BCUT2D eigenvalue weighted by Crippen LogP contribution is -2.39. The predicted octanol–water partition coefficient (Wildman–Crippen LogP) is 1.65. The zero-order chi connectivity index (χ0) is 11.6. The van der Waals surface area contributed by atoms with Crippen LogP contribution in [0.15, 0.2) is 0 Å². The maximum Gasteiger partial charge on any atom is 0.143 e. The van der Waals surface area contributed by atoms with Gasteiger partial charge in [-0.1, -0.05) is 0 Å². The van der Waals surface area contributed by atoms with Crippen molar-refractivity contribution in [3.8, 4) is 0 Å². The second-order valence-corrected chi connectivity index (χ2v) is 5.37. The Morgan fingerprint density at radius 1 is 1.20 bits per heavy atom. The second-order valence-electron chi connectivity index (χ2n) is 5.37. The first-order valence-corrected chi connectivity index (χ1v) is 5.59. The third-order valence-electron chi connectivity index (χ3n) is 3.29. The van der Waals surface area contributed by atoms with Crippen molar-refractivity contribution in [2.45, 2.75) is 45.6 Å². The molecule has 0 atom stereocenters. The Morgan fingerprint density at radius 3 is 2.07 bits per heavy atom. The summed E-state index contributed by atoms with van der Waals surface area (Å²) in [6, 6.07) is 0. The van der Waals surface area contributed by atoms with Crippen LogP contribution in [-0.2, 0) is 9.59 Å². The first-order valence-electron chi connectivity index (χ1n) is 5.59. The first kappa shape index (κ1) is 12.4. The normalized spacial score (nSPS) is 19.3. The van der Waals surface area contributed by atoms with Gasteiger partial charge in [0.15, 0.2) is 0 Å². The molecular weight excluding hydrogens is 190 g/mol. The zero-order valence-electron chi connectivity index (χ0n) is 10.2. The monoisotopic (exact) mass is 211 g/mol. The molecule has 1 aliphatic carbocycles. The minimum atomic E-state index is -0.310. The van der Waals surface area contributed by atoms with E-state index in [1.807, 2.05) is 7.05 Å². The highest BCUT2D eigenvalue weighted by Gasteiger charge is 2.33. The SMILES string of the molecule is CN(CCC1C(=O)CCC1=O)C(C)(C)C. The first-order chi connectivity index (χ1) is 6.82. The summed E-state index contributed by atoms with van der Waals surface area (Å²) in [7, 11) is 2.03. The van der Waals surface area contributed by atoms with Gasteiger partial charge >= 0.3 is 0 Å². The molecule has 0 N–H and O–H groups in total. The number of carbonyl (C=O) groups is 2. The Labute approximate surface area is 91.8 Å². The summed E-state index contributed by atoms with van der Waals surface area (Å²) < 4.78 is 0. The molecule has 1 aliphatic rings. The number of hydrogen-bond donors (Lipinski definition) is 0. The van der Waals surface area contributed by atoms with Gasteiger partial charge in [-0.25, -0.2) is 0 Å². The summed E-state index contributed by atoms with van der Waals surface area (Å²) in [5.41, 5.74) is 0.102. The molecule has 0 bridgehead atoms. The van der Waals surface area contributed by atoms with Gasteiger partial charge in [0.1, 0.15) is 11.6 Å². The number of rotatable bonds is 3. The fourth-order valence-corrected chi connectivity index (χ4v) is 1.75. The highest BCUT2D eigenvalue weighted by atomic mass is 16.2. The van der Waals surface area contributed by atoms with Crippen LogP contribution in [-0.4, -0.2) is 35.6 Å². The molecule has 0 spiro atoms. The van der Waals surface area contributed by atoms with Crippen molar-refractivity contribution in [2.24, 2.45) is 5.92 Å². The van der Waals surface area contributed by atoms with Gasteiger partial charge in [0.25, 0.3) is 0 Å². The third kappa shape index (κ3) is 3.13. The van der Waals surface area contributed by atoms with Crippen molar-refractivity contribution < 1.29 is 9.59 Å². The largest absolute Gasteiger partial charge is 0.301 e. The van der Waals surface area contributed by atoms with Crippen LogP contribution in [0.25, 0.3) is 0 Å². The summed E-state index contributed by atoms with van der Waals surface area (Å²) in [4.78, 5) is 25.0. The van der Waals surface area contributed by atoms with Crippen molar-refractivity contribution in [1.82, 2.24) is 4.90 Å². The zero-order valence-corrected chi connectivity index (χ0v) is 10.2. The fourth-order valence-electron chi connectivity index (χ4n) is 1.75. The maximum absolute atomic E-state index is 11.4. The molecule has 0 radical (unpaired) electrons. The van der Waals surface area contributed by atoms with Crippen molar-refractivity contribution in [1.29, 1.82) is 0 Å². The van der Waals surface area contributed by atoms with Gasteiger partial charge in [-0.05, 0) is 40.8 Å². The number of nitrogens with zero attached hydrogens (tertiary/aromatic N) is 1. The highest BCUT2D eigenvalue weighted by Crippen LogP contribution is 2.22. The van der Waals surface area contributed by atoms with E-state index in [1.54, 1.807) is 0 Å². The molecule has 0 aromatic heterocycles. The smallest absolute Gasteiger partial charge is 0.143 e. The molecule has 0 amide bonds. The molecule has 0 aromatic rings. The Balaban J connectivity index is 2.43. The second kappa shape index (κ2) is 4.44. The van der Waals surface area contributed by atoms with Crippen LogP contribution in [0.5, 0.6) is 0 Å². The summed E-state index contributed by atoms with van der Waals surface area (Å²) in [5.74, 6) is -0.0283. The molecular formula is C12H21NO2. The molecule has 3 heteroatoms. The van der Waals surface area contributed by atoms with E-state index in [0.717, 1.165) is 6.54 Å². The molecule has 1 rings (SSSR count). The van der Waals surface area contributed by atoms with Crippen LogP contribution in [0, 0.1) is 5.92 Å². The van der Waals surface area contributed by atoms with Crippen molar-refractivity contribution in [2.75, 3.05) is 13.6 Å². The Morgan fingerprint density at radius 2 is 1.67 bits per heavy atom. The van der Waals surface area contributed by atoms with Gasteiger partial charge in [-0.2, -0.15) is 0 Å². The van der Waals surface area contributed by atoms with Crippen LogP contribution < -0.4 is 0 Å². The summed E-state index contributed by atoms with van der Waals surface area (Å²) in [6.45, 7) is 7.20. The van der Waals surface area contributed by atoms with E-state index in [9.17, 15) is 9.59 Å². The van der Waals surface area contributed by atoms with Crippen LogP contribution in [0.4, 0.5) is 0 Å². The third-order valence-corrected chi connectivity index (χ3v) is 3.29. The Hall–Kier alpha value is -0.700. The number of ketones is 2. The molecule has 0 unspecified atom stereocenters. The van der Waals surface area contributed by atoms with Crippen LogP contribution >= 0.6 is 0 Å². The molecule has 1 saturated carbocycles. The van der Waals surface area contributed by atoms with E-state index in [-0.39, 0.29) is 23.0 Å². The Bertz CT molecular complexity index is 249. The average molecular weight is 211 g/mol. The topological polar surface area (TPSA) is 37.4 Å². The van der Waals surface area contributed by atoms with Crippen molar-refractivity contribution >= 4 is 11.6 Å². The lowest BCUT2D eigenvalue weighted by Gasteiger charge is -2.32. The van der Waals surface area contributed by atoms with Crippen molar-refractivity contribution in [3.63, 3.8) is 0 Å². The Kier molecular flexibility index (Phi) is 3.66. The van der Waals surface area contributed by atoms with Gasteiger partial charge < -0.3 is 4.90 Å². The molecule has 0 heterocycles. The summed E-state index contributed by atoms with van der Waals surface area (Å²) in [5, 5.41) is 0. The quantitative estimate of drug-likeness (QED) is 0.666. The molecule has 15 heavy (non-hydrogen) atoms. The van der Waals surface area contributed by atoms with E-state index in [2.05, 4.69) is 25.7 Å². The minimum Gasteiger partial charge on any atom is -0.301 e. The van der Waals surface area contributed by atoms with E-state index >= 15 is 0 Å². The van der Waals surface area contributed by atoms with Gasteiger partial charge in [0.05, 0.1) is 5.92 Å². The van der Waals surface area contributed by atoms with Gasteiger partial charge in [-0.3, -0.25) is 9.59 Å². The standard InChI is InChI=1S/C12H21NO2/c1-12(2,3)13(4)8-7-9-10(14)5-6-11(9)15/h9H,5-8H2,1-4H3. The minimum absolute atomic E-state index is 0.102. The lowest BCUT2D eigenvalue weighted by molar-refractivity contribution is -0.127. The fraction of sp³-hybridized carbons (Fsp3) is 0.833. The molecule has 0 saturated heterocycles. The molecule has 0 aromatic carbocycles. The maximum atomic E-state index is 11.4. The molecule has 3 nitrogen and oxygen atoms in total. The highest BCUT2D eigenvalue weighted by molar-refractivity contribution is 6.08. The van der Waals surface area contributed by atoms with E-state index in [4.69, 9.17) is 0 Å². The molecule has 1 fully saturated rings. The van der Waals surface area contributed by atoms with E-state index in [0.29, 0.717) is 19.3 Å². The van der Waals surface area contributed by atoms with Gasteiger partial charge in [0.2, 0.25) is 0 Å². The van der Waals surface area contributed by atoms with E-state index < -0.39 is 0 Å². The predicted molar refractivity (Wildman–Crippen MR) is 59.7 cm³/mol. The van der Waals surface area contributed by atoms with Crippen molar-refractivity contribution in [3.05, 3.63) is 0 Å². The van der Waals surface area contributed by atoms with Gasteiger partial charge in [0, 0.05) is 18.4 Å².